The van der Waals surface area contributed by atoms with Gasteiger partial charge in [0.1, 0.15) is 5.54 Å². The number of hydrogen-bond acceptors (Lipinski definition) is 3. The zero-order valence-electron chi connectivity index (χ0n) is 9.76. The third-order valence-electron chi connectivity index (χ3n) is 2.32. The van der Waals surface area contributed by atoms with Crippen LogP contribution in [0.4, 0.5) is 0 Å². The summed E-state index contributed by atoms with van der Waals surface area (Å²) in [4.78, 5) is 0. The number of hydrogen-bond donors (Lipinski definition) is 1. The van der Waals surface area contributed by atoms with Crippen LogP contribution in [-0.4, -0.2) is 25.3 Å². The van der Waals surface area contributed by atoms with Gasteiger partial charge in [0, 0.05) is 6.61 Å². The number of nitrogens with zero attached hydrogens (tertiary/aromatic N) is 1. The van der Waals surface area contributed by atoms with E-state index in [2.05, 4.69) is 11.4 Å². The molecule has 0 aromatic rings. The summed E-state index contributed by atoms with van der Waals surface area (Å²) in [7, 11) is 1.83. The molecular formula is C11H22N2O. The maximum atomic E-state index is 8.89. The second-order valence-electron chi connectivity index (χ2n) is 4.07. The van der Waals surface area contributed by atoms with Crippen LogP contribution in [-0.2, 0) is 4.74 Å². The van der Waals surface area contributed by atoms with Gasteiger partial charge < -0.3 is 10.1 Å². The maximum Gasteiger partial charge on any atom is 0.103 e. The molecular weight excluding hydrogens is 176 g/mol. The van der Waals surface area contributed by atoms with Crippen LogP contribution in [0.15, 0.2) is 0 Å². The molecule has 0 aromatic carbocycles. The van der Waals surface area contributed by atoms with E-state index in [4.69, 9.17) is 10.00 Å². The highest BCUT2D eigenvalue weighted by atomic mass is 16.5. The topological polar surface area (TPSA) is 45.0 Å². The van der Waals surface area contributed by atoms with E-state index in [9.17, 15) is 0 Å². The predicted molar refractivity (Wildman–Crippen MR) is 58.0 cm³/mol. The van der Waals surface area contributed by atoms with E-state index in [1.807, 2.05) is 27.8 Å². The minimum absolute atomic E-state index is 0.307. The first kappa shape index (κ1) is 13.4. The van der Waals surface area contributed by atoms with E-state index >= 15 is 0 Å². The molecule has 0 aromatic heterocycles. The molecule has 0 aliphatic rings. The Bertz CT molecular complexity index is 186. The van der Waals surface area contributed by atoms with Crippen molar-refractivity contribution in [2.24, 2.45) is 0 Å². The molecule has 0 fully saturated rings. The molecule has 0 radical (unpaired) electrons. The molecule has 1 unspecified atom stereocenters. The Balaban J connectivity index is 3.49. The van der Waals surface area contributed by atoms with Gasteiger partial charge in [-0.25, -0.2) is 0 Å². The number of nitrogens with one attached hydrogen (secondary N) is 1. The van der Waals surface area contributed by atoms with Crippen LogP contribution < -0.4 is 5.32 Å². The lowest BCUT2D eigenvalue weighted by atomic mass is 9.97. The van der Waals surface area contributed by atoms with Gasteiger partial charge in [0.25, 0.3) is 0 Å². The molecule has 1 atom stereocenters. The van der Waals surface area contributed by atoms with Crippen LogP contribution in [0.25, 0.3) is 0 Å². The highest BCUT2D eigenvalue weighted by molar-refractivity contribution is 5.02. The summed E-state index contributed by atoms with van der Waals surface area (Å²) in [6.45, 7) is 6.79. The maximum absolute atomic E-state index is 8.89. The molecule has 0 amide bonds. The molecule has 0 spiro atoms. The summed E-state index contributed by atoms with van der Waals surface area (Å²) in [6.07, 6.45) is 3.23. The van der Waals surface area contributed by atoms with Gasteiger partial charge in [-0.05, 0) is 47.1 Å². The Morgan fingerprint density at radius 1 is 1.43 bits per heavy atom. The highest BCUT2D eigenvalue weighted by Gasteiger charge is 2.19. The van der Waals surface area contributed by atoms with Crippen molar-refractivity contribution in [3.8, 4) is 6.07 Å². The Kier molecular flexibility index (Phi) is 6.52. The molecule has 0 aliphatic heterocycles. The molecule has 3 heteroatoms. The first-order chi connectivity index (χ1) is 6.54. The lowest BCUT2D eigenvalue weighted by molar-refractivity contribution is 0.0751. The molecule has 3 nitrogen and oxygen atoms in total. The predicted octanol–water partition coefficient (Wildman–Crippen LogP) is 2.08. The van der Waals surface area contributed by atoms with Gasteiger partial charge >= 0.3 is 0 Å². The fraction of sp³-hybridized carbons (Fsp3) is 0.909. The van der Waals surface area contributed by atoms with E-state index in [0.717, 1.165) is 25.9 Å². The average molecular weight is 198 g/mol. The fourth-order valence-electron chi connectivity index (χ4n) is 1.14. The van der Waals surface area contributed by atoms with Crippen LogP contribution in [0.1, 0.15) is 40.0 Å². The largest absolute Gasteiger partial charge is 0.379 e. The standard InChI is InChI=1S/C11H22N2O/c1-10(2)14-8-6-5-7-11(3,9-12)13-4/h10,13H,5-8H2,1-4H3. The molecule has 0 saturated carbocycles. The van der Waals surface area contributed by atoms with Crippen LogP contribution in [0, 0.1) is 11.3 Å². The molecule has 82 valence electrons. The minimum Gasteiger partial charge on any atom is -0.379 e. The van der Waals surface area contributed by atoms with Gasteiger partial charge in [-0.1, -0.05) is 0 Å². The smallest absolute Gasteiger partial charge is 0.103 e. The van der Waals surface area contributed by atoms with Gasteiger partial charge in [0.2, 0.25) is 0 Å². The van der Waals surface area contributed by atoms with Crippen LogP contribution in [0.5, 0.6) is 0 Å². The zero-order valence-corrected chi connectivity index (χ0v) is 9.76. The molecule has 0 heterocycles. The summed E-state index contributed by atoms with van der Waals surface area (Å²) in [5.41, 5.74) is -0.377. The Morgan fingerprint density at radius 2 is 2.07 bits per heavy atom. The molecule has 14 heavy (non-hydrogen) atoms. The quantitative estimate of drug-likeness (QED) is 0.637. The summed E-state index contributed by atoms with van der Waals surface area (Å²) in [5.74, 6) is 0. The SMILES string of the molecule is CNC(C)(C#N)CCCCOC(C)C. The van der Waals surface area contributed by atoms with Crippen LogP contribution in [0.2, 0.25) is 0 Å². The van der Waals surface area contributed by atoms with Gasteiger partial charge in [0.15, 0.2) is 0 Å². The Morgan fingerprint density at radius 3 is 2.50 bits per heavy atom. The van der Waals surface area contributed by atoms with Gasteiger partial charge in [-0.15, -0.1) is 0 Å². The first-order valence-corrected chi connectivity index (χ1v) is 5.26. The number of nitriles is 1. The summed E-state index contributed by atoms with van der Waals surface area (Å²) < 4.78 is 5.42. The highest BCUT2D eigenvalue weighted by Crippen LogP contribution is 2.12. The van der Waals surface area contributed by atoms with E-state index in [0.29, 0.717) is 6.10 Å². The van der Waals surface area contributed by atoms with Crippen molar-refractivity contribution >= 4 is 0 Å². The zero-order chi connectivity index (χ0) is 11.0. The third kappa shape index (κ3) is 5.95. The normalized spacial score (nSPS) is 15.1. The van der Waals surface area contributed by atoms with Crippen molar-refractivity contribution in [2.75, 3.05) is 13.7 Å². The van der Waals surface area contributed by atoms with Crippen molar-refractivity contribution in [2.45, 2.75) is 51.7 Å². The lowest BCUT2D eigenvalue weighted by Gasteiger charge is -2.20. The van der Waals surface area contributed by atoms with Crippen molar-refractivity contribution < 1.29 is 4.74 Å². The average Bonchev–Trinajstić information content (AvgIpc) is 2.16. The monoisotopic (exact) mass is 198 g/mol. The van der Waals surface area contributed by atoms with Gasteiger partial charge in [-0.3, -0.25) is 0 Å². The van der Waals surface area contributed by atoms with Crippen LogP contribution >= 0.6 is 0 Å². The van der Waals surface area contributed by atoms with Crippen molar-refractivity contribution in [1.29, 1.82) is 5.26 Å². The molecule has 0 saturated heterocycles. The number of ether oxygens (including phenoxy) is 1. The second kappa shape index (κ2) is 6.80. The lowest BCUT2D eigenvalue weighted by Crippen LogP contribution is -2.37. The van der Waals surface area contributed by atoms with E-state index in [1.165, 1.54) is 0 Å². The molecule has 0 bridgehead atoms. The molecule has 0 rings (SSSR count). The van der Waals surface area contributed by atoms with Crippen molar-refractivity contribution in [3.05, 3.63) is 0 Å². The fourth-order valence-corrected chi connectivity index (χ4v) is 1.14. The second-order valence-corrected chi connectivity index (χ2v) is 4.07. The Labute approximate surface area is 87.4 Å². The van der Waals surface area contributed by atoms with Crippen molar-refractivity contribution in [3.63, 3.8) is 0 Å². The first-order valence-electron chi connectivity index (χ1n) is 5.26. The van der Waals surface area contributed by atoms with Crippen LogP contribution in [0.3, 0.4) is 0 Å². The van der Waals surface area contributed by atoms with E-state index in [-0.39, 0.29) is 5.54 Å². The van der Waals surface area contributed by atoms with Gasteiger partial charge in [-0.2, -0.15) is 5.26 Å². The van der Waals surface area contributed by atoms with E-state index < -0.39 is 0 Å². The van der Waals surface area contributed by atoms with Gasteiger partial charge in [0.05, 0.1) is 12.2 Å². The molecule has 1 N–H and O–H groups in total. The summed E-state index contributed by atoms with van der Waals surface area (Å²) in [5, 5.41) is 11.9. The minimum atomic E-state index is -0.377. The summed E-state index contributed by atoms with van der Waals surface area (Å²) in [6, 6.07) is 2.28. The van der Waals surface area contributed by atoms with Crippen molar-refractivity contribution in [1.82, 2.24) is 5.32 Å². The number of rotatable bonds is 7. The Hall–Kier alpha value is -0.590. The molecule has 0 aliphatic carbocycles. The van der Waals surface area contributed by atoms with E-state index in [1.54, 1.807) is 0 Å². The summed E-state index contributed by atoms with van der Waals surface area (Å²) >= 11 is 0. The third-order valence-corrected chi connectivity index (χ3v) is 2.32. The number of unbranched alkanes of at least 4 members (excludes halogenated alkanes) is 1.